The Bertz CT molecular complexity index is 681. The summed E-state index contributed by atoms with van der Waals surface area (Å²) in [5, 5.41) is 5.82. The summed E-state index contributed by atoms with van der Waals surface area (Å²) in [5.41, 5.74) is 9.62. The van der Waals surface area contributed by atoms with Gasteiger partial charge in [0.15, 0.2) is 5.96 Å². The zero-order valence-corrected chi connectivity index (χ0v) is 16.2. The fraction of sp³-hybridized carbons (Fsp3) is 0.222. The summed E-state index contributed by atoms with van der Waals surface area (Å²) in [6.45, 7) is 5.00. The molecule has 0 saturated heterocycles. The summed E-state index contributed by atoms with van der Waals surface area (Å²) >= 11 is 0. The molecule has 0 aromatic heterocycles. The van der Waals surface area contributed by atoms with E-state index >= 15 is 0 Å². The third-order valence-electron chi connectivity index (χ3n) is 3.31. The van der Waals surface area contributed by atoms with Crippen LogP contribution >= 0.6 is 24.0 Å². The minimum atomic E-state index is -0.0666. The first-order valence-corrected chi connectivity index (χ1v) is 7.59. The quantitative estimate of drug-likeness (QED) is 0.381. The van der Waals surface area contributed by atoms with Gasteiger partial charge < -0.3 is 16.4 Å². The van der Waals surface area contributed by atoms with Gasteiger partial charge in [-0.05, 0) is 43.7 Å². The van der Waals surface area contributed by atoms with Crippen LogP contribution in [0.2, 0.25) is 0 Å². The molecular formula is C18H23IN4O. The summed E-state index contributed by atoms with van der Waals surface area (Å²) in [4.78, 5) is 16.0. The van der Waals surface area contributed by atoms with Crippen molar-refractivity contribution in [1.82, 2.24) is 5.32 Å². The number of aryl methyl sites for hydroxylation is 1. The largest absolute Gasteiger partial charge is 0.370 e. The summed E-state index contributed by atoms with van der Waals surface area (Å²) in [7, 11) is 0. The first-order valence-electron chi connectivity index (χ1n) is 7.59. The number of rotatable bonds is 5. The lowest BCUT2D eigenvalue weighted by Gasteiger charge is -2.06. The maximum absolute atomic E-state index is 11.7. The van der Waals surface area contributed by atoms with Crippen molar-refractivity contribution in [3.8, 4) is 0 Å². The van der Waals surface area contributed by atoms with Crippen LogP contribution in [0.25, 0.3) is 0 Å². The number of hydrogen-bond donors (Lipinski definition) is 3. The van der Waals surface area contributed by atoms with E-state index in [0.29, 0.717) is 24.6 Å². The minimum absolute atomic E-state index is 0. The van der Waals surface area contributed by atoms with Gasteiger partial charge in [0.1, 0.15) is 0 Å². The van der Waals surface area contributed by atoms with Crippen LogP contribution in [0.5, 0.6) is 0 Å². The Hall–Kier alpha value is -2.09. The van der Waals surface area contributed by atoms with E-state index in [2.05, 4.69) is 15.6 Å². The maximum Gasteiger partial charge on any atom is 0.251 e. The molecule has 0 aliphatic rings. The van der Waals surface area contributed by atoms with E-state index in [1.807, 2.05) is 50.2 Å². The molecule has 0 unspecified atom stereocenters. The lowest BCUT2D eigenvalue weighted by atomic mass is 10.1. The molecule has 0 aliphatic carbocycles. The van der Waals surface area contributed by atoms with Gasteiger partial charge in [-0.25, -0.2) is 4.99 Å². The average Bonchev–Trinajstić information content (AvgIpc) is 2.56. The van der Waals surface area contributed by atoms with E-state index in [4.69, 9.17) is 5.73 Å². The Morgan fingerprint density at radius 2 is 1.71 bits per heavy atom. The monoisotopic (exact) mass is 438 g/mol. The second-order valence-electron chi connectivity index (χ2n) is 5.25. The first kappa shape index (κ1) is 20.0. The van der Waals surface area contributed by atoms with Crippen LogP contribution in [-0.2, 0) is 6.54 Å². The van der Waals surface area contributed by atoms with E-state index in [1.54, 1.807) is 12.1 Å². The van der Waals surface area contributed by atoms with Gasteiger partial charge in [-0.3, -0.25) is 4.79 Å². The Morgan fingerprint density at radius 3 is 2.29 bits per heavy atom. The average molecular weight is 438 g/mol. The number of benzene rings is 2. The van der Waals surface area contributed by atoms with Crippen LogP contribution in [0.3, 0.4) is 0 Å². The van der Waals surface area contributed by atoms with Crippen molar-refractivity contribution in [2.24, 2.45) is 10.7 Å². The van der Waals surface area contributed by atoms with Gasteiger partial charge in [0.05, 0.1) is 6.54 Å². The fourth-order valence-corrected chi connectivity index (χ4v) is 2.02. The van der Waals surface area contributed by atoms with E-state index in [9.17, 15) is 4.79 Å². The van der Waals surface area contributed by atoms with Crippen molar-refractivity contribution in [1.29, 1.82) is 0 Å². The minimum Gasteiger partial charge on any atom is -0.370 e. The molecule has 5 nitrogen and oxygen atoms in total. The van der Waals surface area contributed by atoms with Crippen molar-refractivity contribution in [3.63, 3.8) is 0 Å². The van der Waals surface area contributed by atoms with Crippen molar-refractivity contribution in [3.05, 3.63) is 65.2 Å². The van der Waals surface area contributed by atoms with E-state index in [1.165, 1.54) is 5.56 Å². The lowest BCUT2D eigenvalue weighted by molar-refractivity contribution is 0.0956. The zero-order valence-electron chi connectivity index (χ0n) is 13.9. The van der Waals surface area contributed by atoms with E-state index < -0.39 is 0 Å². The number of aliphatic imine (C=N–C) groups is 1. The highest BCUT2D eigenvalue weighted by Gasteiger charge is 2.03. The SMILES string of the molecule is CCNC(=O)c1ccc(CN=C(N)Nc2ccc(C)cc2)cc1.I. The summed E-state index contributed by atoms with van der Waals surface area (Å²) < 4.78 is 0. The second-order valence-corrected chi connectivity index (χ2v) is 5.25. The summed E-state index contributed by atoms with van der Waals surface area (Å²) in [5.74, 6) is 0.296. The van der Waals surface area contributed by atoms with Crippen molar-refractivity contribution in [2.45, 2.75) is 20.4 Å². The number of guanidine groups is 1. The molecule has 2 aromatic carbocycles. The predicted octanol–water partition coefficient (Wildman–Crippen LogP) is 3.29. The molecule has 0 spiro atoms. The molecule has 4 N–H and O–H groups in total. The predicted molar refractivity (Wildman–Crippen MR) is 110 cm³/mol. The van der Waals surface area contributed by atoms with Crippen LogP contribution in [0, 0.1) is 6.92 Å². The number of nitrogens with two attached hydrogens (primary N) is 1. The van der Waals surface area contributed by atoms with Crippen molar-refractivity contribution in [2.75, 3.05) is 11.9 Å². The number of anilines is 1. The van der Waals surface area contributed by atoms with Gasteiger partial charge in [-0.2, -0.15) is 0 Å². The second kappa shape index (κ2) is 9.92. The molecule has 128 valence electrons. The molecule has 0 fully saturated rings. The lowest BCUT2D eigenvalue weighted by Crippen LogP contribution is -2.23. The standard InChI is InChI=1S/C18H22N4O.HI/c1-3-20-17(23)15-8-6-14(7-9-15)12-21-18(19)22-16-10-4-13(2)5-11-16;/h4-11H,3,12H2,1-2H3,(H,20,23)(H3,19,21,22);1H. The highest BCUT2D eigenvalue weighted by Crippen LogP contribution is 2.09. The van der Waals surface area contributed by atoms with Crippen molar-refractivity contribution < 1.29 is 4.79 Å². The fourth-order valence-electron chi connectivity index (χ4n) is 2.02. The molecule has 24 heavy (non-hydrogen) atoms. The number of carbonyl (C=O) groups is 1. The number of carbonyl (C=O) groups excluding carboxylic acids is 1. The molecule has 0 aliphatic heterocycles. The molecule has 0 atom stereocenters. The Kier molecular flexibility index (Phi) is 8.25. The van der Waals surface area contributed by atoms with Gasteiger partial charge in [-0.1, -0.05) is 29.8 Å². The van der Waals surface area contributed by atoms with Crippen molar-refractivity contribution >= 4 is 41.5 Å². The molecule has 2 rings (SSSR count). The Balaban J connectivity index is 0.00000288. The van der Waals surface area contributed by atoms with Crippen LogP contribution in [0.4, 0.5) is 5.69 Å². The molecule has 1 amide bonds. The Morgan fingerprint density at radius 1 is 1.08 bits per heavy atom. The smallest absolute Gasteiger partial charge is 0.251 e. The number of hydrogen-bond acceptors (Lipinski definition) is 2. The van der Waals surface area contributed by atoms with E-state index in [-0.39, 0.29) is 29.9 Å². The number of nitrogens with one attached hydrogen (secondary N) is 2. The van der Waals surface area contributed by atoms with Gasteiger partial charge in [-0.15, -0.1) is 24.0 Å². The topological polar surface area (TPSA) is 79.5 Å². The Labute approximate surface area is 159 Å². The van der Waals surface area contributed by atoms with Gasteiger partial charge >= 0.3 is 0 Å². The summed E-state index contributed by atoms with van der Waals surface area (Å²) in [6.07, 6.45) is 0. The number of nitrogens with zero attached hydrogens (tertiary/aromatic N) is 1. The van der Waals surface area contributed by atoms with Crippen LogP contribution in [0.1, 0.15) is 28.4 Å². The molecule has 0 radical (unpaired) electrons. The molecule has 0 heterocycles. The van der Waals surface area contributed by atoms with Gasteiger partial charge in [0.2, 0.25) is 0 Å². The molecule has 2 aromatic rings. The van der Waals surface area contributed by atoms with Gasteiger partial charge in [0, 0.05) is 17.8 Å². The summed E-state index contributed by atoms with van der Waals surface area (Å²) in [6, 6.07) is 15.3. The number of halogens is 1. The van der Waals surface area contributed by atoms with Crippen LogP contribution < -0.4 is 16.4 Å². The number of amides is 1. The van der Waals surface area contributed by atoms with Crippen LogP contribution in [0.15, 0.2) is 53.5 Å². The first-order chi connectivity index (χ1) is 11.1. The highest BCUT2D eigenvalue weighted by molar-refractivity contribution is 14.0. The van der Waals surface area contributed by atoms with E-state index in [0.717, 1.165) is 11.3 Å². The molecule has 0 bridgehead atoms. The third kappa shape index (κ3) is 6.19. The van der Waals surface area contributed by atoms with Gasteiger partial charge in [0.25, 0.3) is 5.91 Å². The third-order valence-corrected chi connectivity index (χ3v) is 3.31. The highest BCUT2D eigenvalue weighted by atomic mass is 127. The normalized spacial score (nSPS) is 10.7. The molecule has 0 saturated carbocycles. The molecule has 6 heteroatoms. The zero-order chi connectivity index (χ0) is 16.7. The molecular weight excluding hydrogens is 415 g/mol. The maximum atomic E-state index is 11.7. The van der Waals surface area contributed by atoms with Crippen LogP contribution in [-0.4, -0.2) is 18.4 Å².